The molecule has 7 nitrogen and oxygen atoms in total. The molecule has 0 spiro atoms. The number of ketones is 1. The van der Waals surface area contributed by atoms with E-state index in [2.05, 4.69) is 38.7 Å². The molecule has 0 bridgehead atoms. The number of carbonyl (C=O) groups is 2. The number of aliphatic hydroxyl groups excluding tert-OH is 1. The van der Waals surface area contributed by atoms with Crippen LogP contribution in [0.1, 0.15) is 234 Å². The Balaban J connectivity index is 1.09. The minimum Gasteiger partial charge on any atom is -0.462 e. The van der Waals surface area contributed by atoms with Crippen molar-refractivity contribution in [1.29, 1.82) is 0 Å². The fourth-order valence-electron chi connectivity index (χ4n) is 12.6. The molecule has 3 fully saturated rings. The maximum atomic E-state index is 13.1. The van der Waals surface area contributed by atoms with Gasteiger partial charge in [-0.15, -0.1) is 0 Å². The summed E-state index contributed by atoms with van der Waals surface area (Å²) in [6.45, 7) is 16.4. The van der Waals surface area contributed by atoms with Gasteiger partial charge in [0.15, 0.2) is 6.29 Å². The van der Waals surface area contributed by atoms with Crippen molar-refractivity contribution >= 4 is 11.8 Å². The summed E-state index contributed by atoms with van der Waals surface area (Å²) >= 11 is 0. The Morgan fingerprint density at radius 2 is 1.30 bits per heavy atom. The van der Waals surface area contributed by atoms with E-state index in [9.17, 15) is 14.7 Å². The van der Waals surface area contributed by atoms with E-state index in [-0.39, 0.29) is 41.7 Å². The minimum atomic E-state index is -0.0519. The number of rotatable bonds is 35. The van der Waals surface area contributed by atoms with Crippen LogP contribution in [0, 0.1) is 34.5 Å². The molecule has 7 atom stereocenters. The molecule has 0 aromatic carbocycles. The van der Waals surface area contributed by atoms with E-state index in [0.29, 0.717) is 30.0 Å². The van der Waals surface area contributed by atoms with E-state index in [1.165, 1.54) is 103 Å². The van der Waals surface area contributed by atoms with Crippen LogP contribution < -0.4 is 0 Å². The highest BCUT2D eigenvalue weighted by atomic mass is 16.7. The highest BCUT2D eigenvalue weighted by molar-refractivity contribution is 5.79. The number of ether oxygens (including phenoxy) is 3. The van der Waals surface area contributed by atoms with Crippen LogP contribution in [-0.4, -0.2) is 73.6 Å². The molecular formula is C54H97NO6. The Bertz CT molecular complexity index is 1220. The second-order valence-corrected chi connectivity index (χ2v) is 20.9. The Labute approximate surface area is 376 Å². The first kappa shape index (κ1) is 52.3. The zero-order chi connectivity index (χ0) is 43.8. The number of Topliss-reactive ketones (excluding diaryl/α,β-unsaturated/α-hetero) is 1. The Hall–Kier alpha value is -1.28. The smallest absolute Gasteiger partial charge is 0.306 e. The third-order valence-corrected chi connectivity index (χ3v) is 16.4. The van der Waals surface area contributed by atoms with Crippen LogP contribution in [0.3, 0.4) is 0 Å². The zero-order valence-electron chi connectivity index (χ0n) is 40.6. The van der Waals surface area contributed by atoms with Crippen LogP contribution >= 0.6 is 0 Å². The fourth-order valence-corrected chi connectivity index (χ4v) is 12.6. The van der Waals surface area contributed by atoms with Crippen molar-refractivity contribution in [2.45, 2.75) is 246 Å². The zero-order valence-corrected chi connectivity index (χ0v) is 40.6. The lowest BCUT2D eigenvalue weighted by molar-refractivity contribution is -0.152. The molecule has 7 heteroatoms. The molecule has 0 amide bonds. The van der Waals surface area contributed by atoms with Gasteiger partial charge in [-0.05, 0) is 158 Å². The summed E-state index contributed by atoms with van der Waals surface area (Å²) in [6.07, 6.45) is 38.0. The SMILES string of the molecule is CCCCCCCCOC(CCCCCCN(CCCCO)CCCCCC(=O)OC1CCC2(C)C(=CCC3C2CCC2(C)C(C(C)=O)CCC32)C1)OCCCCCCCC. The Kier molecular flexibility index (Phi) is 25.1. The lowest BCUT2D eigenvalue weighted by Gasteiger charge is -2.58. The summed E-state index contributed by atoms with van der Waals surface area (Å²) in [5.74, 6) is 2.72. The number of hydrogen-bond acceptors (Lipinski definition) is 7. The number of unbranched alkanes of at least 4 members (excludes halogenated alkanes) is 16. The van der Waals surface area contributed by atoms with Crippen LogP contribution in [-0.2, 0) is 23.8 Å². The topological polar surface area (TPSA) is 85.3 Å². The van der Waals surface area contributed by atoms with Crippen LogP contribution in [0.25, 0.3) is 0 Å². The molecule has 4 aliphatic carbocycles. The van der Waals surface area contributed by atoms with Crippen LogP contribution in [0.2, 0.25) is 0 Å². The van der Waals surface area contributed by atoms with Crippen LogP contribution in [0.4, 0.5) is 0 Å². The van der Waals surface area contributed by atoms with E-state index < -0.39 is 0 Å². The van der Waals surface area contributed by atoms with Gasteiger partial charge in [-0.25, -0.2) is 0 Å². The molecule has 0 radical (unpaired) electrons. The summed E-state index contributed by atoms with van der Waals surface area (Å²) in [7, 11) is 0. The summed E-state index contributed by atoms with van der Waals surface area (Å²) < 4.78 is 18.7. The predicted molar refractivity (Wildman–Crippen MR) is 253 cm³/mol. The molecule has 61 heavy (non-hydrogen) atoms. The molecule has 0 saturated heterocycles. The summed E-state index contributed by atoms with van der Waals surface area (Å²) in [5, 5.41) is 9.42. The van der Waals surface area contributed by atoms with E-state index in [0.717, 1.165) is 123 Å². The second kappa shape index (κ2) is 29.3. The normalized spacial score (nSPS) is 27.2. The molecule has 3 saturated carbocycles. The molecule has 0 aromatic rings. The fraction of sp³-hybridized carbons (Fsp3) is 0.926. The van der Waals surface area contributed by atoms with Gasteiger partial charge in [0.25, 0.3) is 0 Å². The van der Waals surface area contributed by atoms with Gasteiger partial charge in [0, 0.05) is 38.6 Å². The molecule has 0 heterocycles. The van der Waals surface area contributed by atoms with Crippen molar-refractivity contribution in [2.24, 2.45) is 34.5 Å². The number of hydrogen-bond donors (Lipinski definition) is 1. The van der Waals surface area contributed by atoms with Crippen molar-refractivity contribution in [3.8, 4) is 0 Å². The van der Waals surface area contributed by atoms with E-state index in [4.69, 9.17) is 14.2 Å². The largest absolute Gasteiger partial charge is 0.462 e. The molecule has 0 aromatic heterocycles. The molecule has 0 aliphatic heterocycles. The second-order valence-electron chi connectivity index (χ2n) is 20.9. The van der Waals surface area contributed by atoms with Crippen molar-refractivity contribution in [1.82, 2.24) is 4.90 Å². The predicted octanol–water partition coefficient (Wildman–Crippen LogP) is 13.7. The van der Waals surface area contributed by atoms with Crippen LogP contribution in [0.15, 0.2) is 11.6 Å². The number of aliphatic hydroxyl groups is 1. The van der Waals surface area contributed by atoms with Gasteiger partial charge >= 0.3 is 5.97 Å². The van der Waals surface area contributed by atoms with Crippen LogP contribution in [0.5, 0.6) is 0 Å². The third kappa shape index (κ3) is 17.2. The molecule has 4 rings (SSSR count). The van der Waals surface area contributed by atoms with Gasteiger partial charge in [0.05, 0.1) is 0 Å². The number of esters is 1. The average molecular weight is 856 g/mol. The van der Waals surface area contributed by atoms with E-state index in [1.807, 2.05) is 6.92 Å². The quantitative estimate of drug-likeness (QED) is 0.0294. The maximum Gasteiger partial charge on any atom is 0.306 e. The molecule has 4 aliphatic rings. The number of carbonyl (C=O) groups excluding carboxylic acids is 2. The first-order chi connectivity index (χ1) is 29.7. The molecular weight excluding hydrogens is 759 g/mol. The maximum absolute atomic E-state index is 13.1. The van der Waals surface area contributed by atoms with Crippen molar-refractivity contribution in [2.75, 3.05) is 39.5 Å². The first-order valence-electron chi connectivity index (χ1n) is 26.6. The summed E-state index contributed by atoms with van der Waals surface area (Å²) in [6, 6.07) is 0. The Morgan fingerprint density at radius 3 is 1.93 bits per heavy atom. The first-order valence-corrected chi connectivity index (χ1v) is 26.6. The third-order valence-electron chi connectivity index (χ3n) is 16.4. The Morgan fingerprint density at radius 1 is 0.705 bits per heavy atom. The molecule has 1 N–H and O–H groups in total. The molecule has 354 valence electrons. The summed E-state index contributed by atoms with van der Waals surface area (Å²) in [5.41, 5.74) is 1.96. The number of fused-ring (bicyclic) bond motifs is 5. The summed E-state index contributed by atoms with van der Waals surface area (Å²) in [4.78, 5) is 28.2. The van der Waals surface area contributed by atoms with Crippen molar-refractivity contribution in [3.63, 3.8) is 0 Å². The van der Waals surface area contributed by atoms with Crippen molar-refractivity contribution in [3.05, 3.63) is 11.6 Å². The van der Waals surface area contributed by atoms with Gasteiger partial charge in [0.2, 0.25) is 0 Å². The standard InChI is InChI=1S/C54H97NO6/c1-6-8-10-12-16-25-41-59-52(60-42-26-17-13-11-9-7-2)28-20-14-15-21-37-55(39-23-24-40-56)38-22-18-19-27-51(58)61-46-33-35-53(4)45(43-46)29-30-47-49-32-31-48(44(3)57)54(49,5)36-34-50(47)53/h29,46-50,52,56H,6-28,30-43H2,1-5H3. The van der Waals surface area contributed by atoms with Crippen molar-refractivity contribution < 1.29 is 28.9 Å². The van der Waals surface area contributed by atoms with Gasteiger partial charge in [-0.2, -0.15) is 0 Å². The van der Waals surface area contributed by atoms with Gasteiger partial charge in [-0.3, -0.25) is 9.59 Å². The van der Waals surface area contributed by atoms with E-state index in [1.54, 1.807) is 5.57 Å². The lowest BCUT2D eigenvalue weighted by Crippen LogP contribution is -2.51. The van der Waals surface area contributed by atoms with E-state index >= 15 is 0 Å². The minimum absolute atomic E-state index is 0.0137. The highest BCUT2D eigenvalue weighted by Gasteiger charge is 2.59. The average Bonchev–Trinajstić information content (AvgIpc) is 3.61. The number of nitrogens with zero attached hydrogens (tertiary/aromatic N) is 1. The number of allylic oxidation sites excluding steroid dienone is 1. The van der Waals surface area contributed by atoms with Gasteiger partial charge in [0.1, 0.15) is 11.9 Å². The van der Waals surface area contributed by atoms with Gasteiger partial charge < -0.3 is 24.2 Å². The highest BCUT2D eigenvalue weighted by Crippen LogP contribution is 2.66. The lowest BCUT2D eigenvalue weighted by atomic mass is 9.47. The van der Waals surface area contributed by atoms with Gasteiger partial charge in [-0.1, -0.05) is 123 Å². The molecule has 7 unspecified atom stereocenters. The monoisotopic (exact) mass is 856 g/mol.